The molecule has 124 valence electrons. The molecule has 0 bridgehead atoms. The molecule has 4 rings (SSSR count). The molecule has 0 saturated heterocycles. The average molecular weight is 345 g/mol. The maximum absolute atomic E-state index is 14.2. The first-order valence-corrected chi connectivity index (χ1v) is 9.81. The van der Waals surface area contributed by atoms with Crippen LogP contribution in [0.3, 0.4) is 0 Å². The molecule has 0 spiro atoms. The summed E-state index contributed by atoms with van der Waals surface area (Å²) in [4.78, 5) is 1.64. The van der Waals surface area contributed by atoms with Gasteiger partial charge in [0.15, 0.2) is 0 Å². The fraction of sp³-hybridized carbons (Fsp3) is 0.0909. The lowest BCUT2D eigenvalue weighted by Gasteiger charge is -2.22. The van der Waals surface area contributed by atoms with E-state index in [1.54, 1.807) is 0 Å². The van der Waals surface area contributed by atoms with E-state index in [1.807, 2.05) is 92.7 Å². The van der Waals surface area contributed by atoms with Crippen molar-refractivity contribution in [1.82, 2.24) is 0 Å². The van der Waals surface area contributed by atoms with Crippen LogP contribution < -0.4 is 0 Å². The van der Waals surface area contributed by atoms with Crippen LogP contribution in [0.1, 0.15) is 22.3 Å². The number of aryl methyl sites for hydroxylation is 2. The third-order valence-electron chi connectivity index (χ3n) is 4.50. The van der Waals surface area contributed by atoms with Crippen molar-refractivity contribution in [3.63, 3.8) is 0 Å². The second-order valence-electron chi connectivity index (χ2n) is 6.27. The molecule has 3 heteroatoms. The maximum atomic E-state index is 14.2. The van der Waals surface area contributed by atoms with E-state index in [1.165, 1.54) is 0 Å². The largest absolute Gasteiger partial charge is 0.239 e. The minimum Gasteiger partial charge on any atom is -0.239 e. The Balaban J connectivity index is 2.09. The second-order valence-corrected chi connectivity index (χ2v) is 8.35. The molecule has 0 aromatic heterocycles. The van der Waals surface area contributed by atoms with Gasteiger partial charge in [-0.2, -0.15) is 4.36 Å². The Morgan fingerprint density at radius 2 is 1.44 bits per heavy atom. The summed E-state index contributed by atoms with van der Waals surface area (Å²) in [5.74, 6) is 0. The maximum Gasteiger partial charge on any atom is 0.110 e. The molecule has 0 fully saturated rings. The summed E-state index contributed by atoms with van der Waals surface area (Å²) < 4.78 is 19.1. The predicted molar refractivity (Wildman–Crippen MR) is 104 cm³/mol. The van der Waals surface area contributed by atoms with Crippen LogP contribution in [-0.4, -0.2) is 4.21 Å². The van der Waals surface area contributed by atoms with Crippen LogP contribution in [0.2, 0.25) is 0 Å². The highest BCUT2D eigenvalue weighted by atomic mass is 32.2. The fourth-order valence-electron chi connectivity index (χ4n) is 3.30. The Kier molecular flexibility index (Phi) is 3.81. The molecule has 3 aromatic carbocycles. The molecule has 0 N–H and O–H groups in total. The molecular formula is C22H19NOS. The lowest BCUT2D eigenvalue weighted by atomic mass is 10.1. The van der Waals surface area contributed by atoms with Gasteiger partial charge in [-0.1, -0.05) is 66.7 Å². The van der Waals surface area contributed by atoms with Crippen molar-refractivity contribution in [2.24, 2.45) is 4.36 Å². The standard InChI is InChI=1S/C22H19NOS/c1-16-9-6-7-14-21(16)25(24)22-17(2)10-8-13-19(22)15-20(23-25)18-11-4-3-5-12-18/h3-15H,1-2H3/t25-/m0/s1. The van der Waals surface area contributed by atoms with Crippen LogP contribution >= 0.6 is 0 Å². The van der Waals surface area contributed by atoms with Crippen molar-refractivity contribution in [3.05, 3.63) is 95.1 Å². The van der Waals surface area contributed by atoms with Crippen LogP contribution in [-0.2, 0) is 9.73 Å². The Hall–Kier alpha value is -2.65. The number of benzene rings is 3. The molecule has 25 heavy (non-hydrogen) atoms. The molecular weight excluding hydrogens is 326 g/mol. The van der Waals surface area contributed by atoms with Crippen LogP contribution in [0.4, 0.5) is 0 Å². The summed E-state index contributed by atoms with van der Waals surface area (Å²) in [6.07, 6.45) is 2.04. The number of hydrogen-bond donors (Lipinski definition) is 0. The number of rotatable bonds is 2. The highest BCUT2D eigenvalue weighted by Gasteiger charge is 2.26. The zero-order chi connectivity index (χ0) is 17.4. The Morgan fingerprint density at radius 1 is 0.760 bits per heavy atom. The topological polar surface area (TPSA) is 29.4 Å². The minimum absolute atomic E-state index is 0.770. The van der Waals surface area contributed by atoms with Gasteiger partial charge in [0, 0.05) is 5.56 Å². The lowest BCUT2D eigenvalue weighted by molar-refractivity contribution is 0.675. The van der Waals surface area contributed by atoms with E-state index in [0.29, 0.717) is 0 Å². The van der Waals surface area contributed by atoms with Crippen molar-refractivity contribution in [3.8, 4) is 0 Å². The number of nitrogens with zero attached hydrogens (tertiary/aromatic N) is 1. The summed E-state index contributed by atoms with van der Waals surface area (Å²) in [7, 11) is -2.73. The molecule has 1 aliphatic rings. The molecule has 1 aliphatic heterocycles. The SMILES string of the molecule is Cc1ccccc1[S@@]1(=O)=NC(c2ccccc2)=Cc2cccc(C)c21. The van der Waals surface area contributed by atoms with Gasteiger partial charge < -0.3 is 0 Å². The Bertz CT molecular complexity index is 1100. The van der Waals surface area contributed by atoms with Gasteiger partial charge in [-0.3, -0.25) is 0 Å². The normalized spacial score (nSPS) is 18.9. The Morgan fingerprint density at radius 3 is 2.20 bits per heavy atom. The lowest BCUT2D eigenvalue weighted by Crippen LogP contribution is -2.11. The highest BCUT2D eigenvalue weighted by Crippen LogP contribution is 2.39. The average Bonchev–Trinajstić information content (AvgIpc) is 2.62. The van der Waals surface area contributed by atoms with Crippen LogP contribution in [0.5, 0.6) is 0 Å². The molecule has 2 nitrogen and oxygen atoms in total. The van der Waals surface area contributed by atoms with Gasteiger partial charge in [0.05, 0.1) is 15.5 Å². The Labute approximate surface area is 149 Å². The first-order valence-electron chi connectivity index (χ1n) is 8.29. The summed E-state index contributed by atoms with van der Waals surface area (Å²) in [6.45, 7) is 4.00. The van der Waals surface area contributed by atoms with Crippen LogP contribution in [0.25, 0.3) is 11.8 Å². The van der Waals surface area contributed by atoms with E-state index < -0.39 is 9.73 Å². The third-order valence-corrected chi connectivity index (χ3v) is 7.12. The van der Waals surface area contributed by atoms with E-state index in [9.17, 15) is 4.21 Å². The molecule has 1 heterocycles. The molecule has 0 unspecified atom stereocenters. The van der Waals surface area contributed by atoms with Crippen molar-refractivity contribution < 1.29 is 4.21 Å². The summed E-state index contributed by atoms with van der Waals surface area (Å²) in [6, 6.07) is 23.8. The van der Waals surface area contributed by atoms with E-state index in [0.717, 1.165) is 37.7 Å². The fourth-order valence-corrected chi connectivity index (χ4v) is 5.86. The first kappa shape index (κ1) is 15.9. The molecule has 0 saturated carbocycles. The van der Waals surface area contributed by atoms with Gasteiger partial charge in [0.2, 0.25) is 0 Å². The van der Waals surface area contributed by atoms with Gasteiger partial charge in [0.25, 0.3) is 0 Å². The monoisotopic (exact) mass is 345 g/mol. The van der Waals surface area contributed by atoms with E-state index in [4.69, 9.17) is 4.36 Å². The van der Waals surface area contributed by atoms with Crippen molar-refractivity contribution in [2.45, 2.75) is 23.6 Å². The summed E-state index contributed by atoms with van der Waals surface area (Å²) >= 11 is 0. The van der Waals surface area contributed by atoms with Crippen molar-refractivity contribution in [2.75, 3.05) is 0 Å². The molecule has 0 amide bonds. The summed E-state index contributed by atoms with van der Waals surface area (Å²) in [5.41, 5.74) is 4.75. The summed E-state index contributed by atoms with van der Waals surface area (Å²) in [5, 5.41) is 0. The van der Waals surface area contributed by atoms with Gasteiger partial charge in [-0.25, -0.2) is 4.21 Å². The first-order chi connectivity index (χ1) is 12.1. The zero-order valence-electron chi connectivity index (χ0n) is 14.3. The van der Waals surface area contributed by atoms with Gasteiger partial charge in [-0.15, -0.1) is 0 Å². The van der Waals surface area contributed by atoms with E-state index >= 15 is 0 Å². The van der Waals surface area contributed by atoms with Crippen molar-refractivity contribution >= 4 is 21.5 Å². The van der Waals surface area contributed by atoms with Crippen LogP contribution in [0.15, 0.2) is 87.0 Å². The molecule has 0 aliphatic carbocycles. The minimum atomic E-state index is -2.73. The second kappa shape index (κ2) is 6.01. The quantitative estimate of drug-likeness (QED) is 0.586. The smallest absolute Gasteiger partial charge is 0.110 e. The highest BCUT2D eigenvalue weighted by molar-refractivity contribution is 7.94. The molecule has 3 aromatic rings. The van der Waals surface area contributed by atoms with Gasteiger partial charge in [-0.05, 0) is 42.7 Å². The van der Waals surface area contributed by atoms with Gasteiger partial charge >= 0.3 is 0 Å². The zero-order valence-corrected chi connectivity index (χ0v) is 15.1. The van der Waals surface area contributed by atoms with Crippen LogP contribution in [0, 0.1) is 13.8 Å². The number of fused-ring (bicyclic) bond motifs is 1. The van der Waals surface area contributed by atoms with Gasteiger partial charge in [0.1, 0.15) is 9.73 Å². The van der Waals surface area contributed by atoms with E-state index in [2.05, 4.69) is 0 Å². The van der Waals surface area contributed by atoms with E-state index in [-0.39, 0.29) is 0 Å². The predicted octanol–water partition coefficient (Wildman–Crippen LogP) is 5.70. The third kappa shape index (κ3) is 2.61. The van der Waals surface area contributed by atoms with Crippen molar-refractivity contribution in [1.29, 1.82) is 0 Å². The number of hydrogen-bond acceptors (Lipinski definition) is 2. The molecule has 0 radical (unpaired) electrons. The molecule has 1 atom stereocenters.